The van der Waals surface area contributed by atoms with E-state index in [1.54, 1.807) is 0 Å². The van der Waals surface area contributed by atoms with Crippen molar-refractivity contribution in [2.45, 2.75) is 44.8 Å². The van der Waals surface area contributed by atoms with Crippen LogP contribution in [-0.2, 0) is 0 Å². The second-order valence-corrected chi connectivity index (χ2v) is 5.09. The van der Waals surface area contributed by atoms with Gasteiger partial charge in [0.05, 0.1) is 17.8 Å². The Hall–Kier alpha value is -1.51. The van der Waals surface area contributed by atoms with Crippen molar-refractivity contribution < 1.29 is 4.74 Å². The van der Waals surface area contributed by atoms with Crippen LogP contribution in [0.5, 0.6) is 5.75 Å². The standard InChI is InChI=1S/C14H18N2O/c1-9-6-10(8-16-11-2-3-11)14(15)13(7-9)17-12-4-5-12/h6-8,11-12H,2-5,15H2,1H3. The molecule has 2 aliphatic carbocycles. The zero-order chi connectivity index (χ0) is 11.8. The minimum absolute atomic E-state index is 0.382. The number of nitrogen functional groups attached to an aromatic ring is 1. The monoisotopic (exact) mass is 230 g/mol. The van der Waals surface area contributed by atoms with Crippen LogP contribution in [0.3, 0.4) is 0 Å². The van der Waals surface area contributed by atoms with Crippen LogP contribution in [0.15, 0.2) is 17.1 Å². The summed E-state index contributed by atoms with van der Waals surface area (Å²) in [6, 6.07) is 4.62. The first-order chi connectivity index (χ1) is 8.22. The molecule has 90 valence electrons. The van der Waals surface area contributed by atoms with E-state index in [9.17, 15) is 0 Å². The lowest BCUT2D eigenvalue weighted by Gasteiger charge is -2.11. The van der Waals surface area contributed by atoms with E-state index in [4.69, 9.17) is 10.5 Å². The maximum absolute atomic E-state index is 6.12. The van der Waals surface area contributed by atoms with Crippen LogP contribution in [-0.4, -0.2) is 18.4 Å². The molecule has 1 aromatic carbocycles. The molecule has 3 nitrogen and oxygen atoms in total. The van der Waals surface area contributed by atoms with Gasteiger partial charge in [-0.05, 0) is 50.3 Å². The van der Waals surface area contributed by atoms with E-state index in [0.29, 0.717) is 12.1 Å². The fourth-order valence-corrected chi connectivity index (χ4v) is 1.77. The number of nitrogens with two attached hydrogens (primary N) is 1. The molecule has 0 unspecified atom stereocenters. The quantitative estimate of drug-likeness (QED) is 0.638. The Morgan fingerprint density at radius 3 is 2.71 bits per heavy atom. The van der Waals surface area contributed by atoms with Gasteiger partial charge in [0.15, 0.2) is 0 Å². The first-order valence-electron chi connectivity index (χ1n) is 6.32. The number of anilines is 1. The van der Waals surface area contributed by atoms with Gasteiger partial charge < -0.3 is 10.5 Å². The Morgan fingerprint density at radius 2 is 2.06 bits per heavy atom. The molecule has 3 heteroatoms. The number of ether oxygens (including phenoxy) is 1. The maximum Gasteiger partial charge on any atom is 0.143 e. The highest BCUT2D eigenvalue weighted by Crippen LogP contribution is 2.33. The first kappa shape index (κ1) is 10.6. The van der Waals surface area contributed by atoms with Crippen LogP contribution in [0.2, 0.25) is 0 Å². The second kappa shape index (κ2) is 4.06. The summed E-state index contributed by atoms with van der Waals surface area (Å²) in [7, 11) is 0. The molecule has 0 atom stereocenters. The third kappa shape index (κ3) is 2.60. The Morgan fingerprint density at radius 1 is 1.29 bits per heavy atom. The van der Waals surface area contributed by atoms with Crippen LogP contribution in [0, 0.1) is 6.92 Å². The van der Waals surface area contributed by atoms with E-state index in [1.807, 2.05) is 12.3 Å². The van der Waals surface area contributed by atoms with Gasteiger partial charge >= 0.3 is 0 Å². The van der Waals surface area contributed by atoms with Crippen LogP contribution >= 0.6 is 0 Å². The van der Waals surface area contributed by atoms with E-state index >= 15 is 0 Å². The van der Waals surface area contributed by atoms with Gasteiger partial charge in [-0.15, -0.1) is 0 Å². The lowest BCUT2D eigenvalue weighted by Crippen LogP contribution is -2.03. The SMILES string of the molecule is Cc1cc(C=NC2CC2)c(N)c(OC2CC2)c1. The highest BCUT2D eigenvalue weighted by Gasteiger charge is 2.25. The van der Waals surface area contributed by atoms with Gasteiger partial charge in [-0.1, -0.05) is 0 Å². The Labute approximate surface area is 102 Å². The highest BCUT2D eigenvalue weighted by molar-refractivity contribution is 5.89. The molecule has 3 rings (SSSR count). The van der Waals surface area contributed by atoms with Crippen LogP contribution in [0.4, 0.5) is 5.69 Å². The molecule has 0 bridgehead atoms. The fourth-order valence-electron chi connectivity index (χ4n) is 1.77. The number of aryl methyl sites for hydroxylation is 1. The molecule has 1 aromatic rings. The summed E-state index contributed by atoms with van der Waals surface area (Å²) < 4.78 is 5.81. The van der Waals surface area contributed by atoms with Crippen LogP contribution < -0.4 is 10.5 Å². The molecule has 0 aromatic heterocycles. The van der Waals surface area contributed by atoms with Crippen LogP contribution in [0.25, 0.3) is 0 Å². The number of rotatable bonds is 4. The van der Waals surface area contributed by atoms with Gasteiger partial charge in [0.2, 0.25) is 0 Å². The fraction of sp³-hybridized carbons (Fsp3) is 0.500. The summed E-state index contributed by atoms with van der Waals surface area (Å²) >= 11 is 0. The average Bonchev–Trinajstić information content (AvgIpc) is 3.13. The summed E-state index contributed by atoms with van der Waals surface area (Å²) in [6.07, 6.45) is 7.02. The van der Waals surface area contributed by atoms with Crippen molar-refractivity contribution in [1.29, 1.82) is 0 Å². The molecule has 0 radical (unpaired) electrons. The van der Waals surface area contributed by atoms with E-state index < -0.39 is 0 Å². The maximum atomic E-state index is 6.12. The lowest BCUT2D eigenvalue weighted by atomic mass is 10.1. The van der Waals surface area contributed by atoms with Crippen molar-refractivity contribution in [1.82, 2.24) is 0 Å². The number of nitrogens with zero attached hydrogens (tertiary/aromatic N) is 1. The van der Waals surface area contributed by atoms with Crippen LogP contribution in [0.1, 0.15) is 36.8 Å². The predicted octanol–water partition coefficient (Wildman–Crippen LogP) is 2.70. The van der Waals surface area contributed by atoms with Gasteiger partial charge in [0.1, 0.15) is 5.75 Å². The van der Waals surface area contributed by atoms with Gasteiger partial charge in [-0.25, -0.2) is 0 Å². The molecule has 2 N–H and O–H groups in total. The lowest BCUT2D eigenvalue weighted by molar-refractivity contribution is 0.304. The predicted molar refractivity (Wildman–Crippen MR) is 69.9 cm³/mol. The third-order valence-corrected chi connectivity index (χ3v) is 3.11. The molecule has 2 saturated carbocycles. The minimum Gasteiger partial charge on any atom is -0.488 e. The summed E-state index contributed by atoms with van der Waals surface area (Å²) in [5.74, 6) is 0.824. The van der Waals surface area contributed by atoms with Gasteiger partial charge in [-0.2, -0.15) is 0 Å². The largest absolute Gasteiger partial charge is 0.488 e. The summed E-state index contributed by atoms with van der Waals surface area (Å²) in [4.78, 5) is 4.48. The first-order valence-corrected chi connectivity index (χ1v) is 6.32. The summed E-state index contributed by atoms with van der Waals surface area (Å²) in [5, 5.41) is 0. The van der Waals surface area contributed by atoms with E-state index in [-0.39, 0.29) is 0 Å². The van der Waals surface area contributed by atoms with E-state index in [0.717, 1.165) is 29.8 Å². The van der Waals surface area contributed by atoms with Gasteiger partial charge in [-0.3, -0.25) is 4.99 Å². The number of aliphatic imine (C=N–C) groups is 1. The summed E-state index contributed by atoms with van der Waals surface area (Å²) in [6.45, 7) is 2.06. The Balaban J connectivity index is 1.86. The van der Waals surface area contributed by atoms with Crippen molar-refractivity contribution in [3.8, 4) is 5.75 Å². The minimum atomic E-state index is 0.382. The second-order valence-electron chi connectivity index (χ2n) is 5.09. The molecular formula is C14H18N2O. The van der Waals surface area contributed by atoms with E-state index in [2.05, 4.69) is 18.0 Å². The van der Waals surface area contributed by atoms with Crippen molar-refractivity contribution in [3.05, 3.63) is 23.3 Å². The van der Waals surface area contributed by atoms with Gasteiger partial charge in [0.25, 0.3) is 0 Å². The molecule has 0 saturated heterocycles. The normalized spacial score (nSPS) is 19.8. The highest BCUT2D eigenvalue weighted by atomic mass is 16.5. The molecule has 0 amide bonds. The smallest absolute Gasteiger partial charge is 0.143 e. The number of hydrogen-bond donors (Lipinski definition) is 1. The third-order valence-electron chi connectivity index (χ3n) is 3.11. The molecule has 17 heavy (non-hydrogen) atoms. The molecule has 2 fully saturated rings. The Bertz CT molecular complexity index is 460. The molecule has 2 aliphatic rings. The summed E-state index contributed by atoms with van der Waals surface area (Å²) in [5.41, 5.74) is 9.01. The molecule has 0 heterocycles. The Kier molecular flexibility index (Phi) is 2.54. The van der Waals surface area contributed by atoms with Crippen molar-refractivity contribution in [2.75, 3.05) is 5.73 Å². The van der Waals surface area contributed by atoms with Gasteiger partial charge in [0, 0.05) is 11.8 Å². The number of hydrogen-bond acceptors (Lipinski definition) is 3. The van der Waals surface area contributed by atoms with Crippen molar-refractivity contribution in [3.63, 3.8) is 0 Å². The average molecular weight is 230 g/mol. The molecule has 0 aliphatic heterocycles. The molecule has 0 spiro atoms. The molecular weight excluding hydrogens is 212 g/mol. The number of benzene rings is 1. The van der Waals surface area contributed by atoms with E-state index in [1.165, 1.54) is 18.4 Å². The zero-order valence-electron chi connectivity index (χ0n) is 10.1. The zero-order valence-corrected chi connectivity index (χ0v) is 10.1. The van der Waals surface area contributed by atoms with Crippen molar-refractivity contribution >= 4 is 11.9 Å². The topological polar surface area (TPSA) is 47.6 Å². The van der Waals surface area contributed by atoms with Crippen molar-refractivity contribution in [2.24, 2.45) is 4.99 Å².